The molecule has 0 spiro atoms. The van der Waals surface area contributed by atoms with Gasteiger partial charge in [0.1, 0.15) is 0 Å². The Bertz CT molecular complexity index is 783. The maximum absolute atomic E-state index is 5.14. The number of hydrogen-bond acceptors (Lipinski definition) is 4. The lowest BCUT2D eigenvalue weighted by molar-refractivity contribution is 0.218. The number of hydrogen-bond donors (Lipinski definition) is 0. The van der Waals surface area contributed by atoms with Crippen LogP contribution in [0.25, 0.3) is 16.8 Å². The Kier molecular flexibility index (Phi) is 4.45. The van der Waals surface area contributed by atoms with Crippen molar-refractivity contribution in [1.29, 1.82) is 0 Å². The molecule has 0 unspecified atom stereocenters. The van der Waals surface area contributed by atoms with Gasteiger partial charge in [0, 0.05) is 18.4 Å². The van der Waals surface area contributed by atoms with Crippen molar-refractivity contribution < 1.29 is 4.74 Å². The van der Waals surface area contributed by atoms with Gasteiger partial charge in [-0.15, -0.1) is 0 Å². The van der Waals surface area contributed by atoms with Crippen LogP contribution in [0.4, 0.5) is 0 Å². The second-order valence-electron chi connectivity index (χ2n) is 5.18. The van der Waals surface area contributed by atoms with Gasteiger partial charge in [-0.25, -0.2) is 9.50 Å². The van der Waals surface area contributed by atoms with Gasteiger partial charge in [-0.3, -0.25) is 0 Å². The van der Waals surface area contributed by atoms with Gasteiger partial charge in [0.05, 0.1) is 23.5 Å². The summed E-state index contributed by atoms with van der Waals surface area (Å²) in [6.45, 7) is 4.82. The van der Waals surface area contributed by atoms with Crippen molar-refractivity contribution in [2.45, 2.75) is 19.0 Å². The second-order valence-corrected chi connectivity index (χ2v) is 6.24. The van der Waals surface area contributed by atoms with E-state index in [2.05, 4.69) is 30.2 Å². The van der Waals surface area contributed by atoms with Gasteiger partial charge in [0.2, 0.25) is 0 Å². The molecule has 0 saturated heterocycles. The Balaban J connectivity index is 2.16. The molecule has 1 aromatic carbocycles. The fourth-order valence-corrected chi connectivity index (χ4v) is 3.36. The van der Waals surface area contributed by atoms with E-state index in [-0.39, 0.29) is 0 Å². The molecule has 22 heavy (non-hydrogen) atoms. The summed E-state index contributed by atoms with van der Waals surface area (Å²) >= 11 is 1.67. The summed E-state index contributed by atoms with van der Waals surface area (Å²) < 4.78 is 7.10. The van der Waals surface area contributed by atoms with Crippen LogP contribution in [0.2, 0.25) is 0 Å². The van der Waals surface area contributed by atoms with Crippen molar-refractivity contribution in [2.24, 2.45) is 0 Å². The molecule has 0 fully saturated rings. The Hall–Kier alpha value is -1.85. The SMILES string of the molecule is COCCSc1nc(-c2ccccc2)c2c(C)cc(C)nn12. The number of thioether (sulfide) groups is 1. The zero-order valence-electron chi connectivity index (χ0n) is 13.0. The van der Waals surface area contributed by atoms with Crippen molar-refractivity contribution in [1.82, 2.24) is 14.6 Å². The third-order valence-corrected chi connectivity index (χ3v) is 4.34. The first kappa shape index (κ1) is 15.1. The minimum atomic E-state index is 0.699. The summed E-state index contributed by atoms with van der Waals surface area (Å²) in [6.07, 6.45) is 0. The van der Waals surface area contributed by atoms with E-state index in [0.29, 0.717) is 6.61 Å². The van der Waals surface area contributed by atoms with E-state index in [1.807, 2.05) is 29.6 Å². The molecule has 0 amide bonds. The number of imidazole rings is 1. The van der Waals surface area contributed by atoms with Gasteiger partial charge >= 0.3 is 0 Å². The van der Waals surface area contributed by atoms with Crippen LogP contribution in [0.5, 0.6) is 0 Å². The van der Waals surface area contributed by atoms with Crippen LogP contribution < -0.4 is 0 Å². The molecule has 0 atom stereocenters. The quantitative estimate of drug-likeness (QED) is 0.531. The molecular weight excluding hydrogens is 294 g/mol. The highest BCUT2D eigenvalue weighted by Gasteiger charge is 2.16. The molecule has 0 aliphatic rings. The van der Waals surface area contributed by atoms with E-state index in [1.165, 1.54) is 5.56 Å². The summed E-state index contributed by atoms with van der Waals surface area (Å²) in [7, 11) is 1.71. The smallest absolute Gasteiger partial charge is 0.190 e. The second kappa shape index (κ2) is 6.50. The molecule has 0 aliphatic heterocycles. The third kappa shape index (κ3) is 2.87. The summed E-state index contributed by atoms with van der Waals surface area (Å²) in [5, 5.41) is 5.57. The van der Waals surface area contributed by atoms with E-state index in [0.717, 1.165) is 33.4 Å². The van der Waals surface area contributed by atoms with Crippen LogP contribution in [0.3, 0.4) is 0 Å². The average molecular weight is 313 g/mol. The van der Waals surface area contributed by atoms with E-state index in [1.54, 1.807) is 18.9 Å². The molecule has 0 bridgehead atoms. The highest BCUT2D eigenvalue weighted by molar-refractivity contribution is 7.99. The minimum Gasteiger partial charge on any atom is -0.384 e. The van der Waals surface area contributed by atoms with Crippen LogP contribution >= 0.6 is 11.8 Å². The Morgan fingerprint density at radius 2 is 1.95 bits per heavy atom. The largest absolute Gasteiger partial charge is 0.384 e. The van der Waals surface area contributed by atoms with E-state index in [9.17, 15) is 0 Å². The van der Waals surface area contributed by atoms with Gasteiger partial charge < -0.3 is 4.74 Å². The molecule has 2 heterocycles. The highest BCUT2D eigenvalue weighted by atomic mass is 32.2. The van der Waals surface area contributed by atoms with Gasteiger partial charge in [-0.1, -0.05) is 42.1 Å². The predicted octanol–water partition coefficient (Wildman–Crippen LogP) is 3.75. The number of nitrogens with zero attached hydrogens (tertiary/aromatic N) is 3. The van der Waals surface area contributed by atoms with Crippen molar-refractivity contribution in [3.05, 3.63) is 47.7 Å². The summed E-state index contributed by atoms with van der Waals surface area (Å²) in [4.78, 5) is 4.84. The maximum Gasteiger partial charge on any atom is 0.190 e. The van der Waals surface area contributed by atoms with Crippen molar-refractivity contribution >= 4 is 17.3 Å². The lowest BCUT2D eigenvalue weighted by atomic mass is 10.1. The van der Waals surface area contributed by atoms with E-state index in [4.69, 9.17) is 9.72 Å². The fourth-order valence-electron chi connectivity index (χ4n) is 2.51. The van der Waals surface area contributed by atoms with E-state index < -0.39 is 0 Å². The van der Waals surface area contributed by atoms with Gasteiger partial charge in [-0.2, -0.15) is 5.10 Å². The maximum atomic E-state index is 5.14. The number of fused-ring (bicyclic) bond motifs is 1. The number of methoxy groups -OCH3 is 1. The molecule has 0 saturated carbocycles. The molecule has 114 valence electrons. The van der Waals surface area contributed by atoms with Gasteiger partial charge in [0.25, 0.3) is 0 Å². The number of aryl methyl sites for hydroxylation is 2. The predicted molar refractivity (Wildman–Crippen MR) is 90.5 cm³/mol. The summed E-state index contributed by atoms with van der Waals surface area (Å²) in [5.74, 6) is 0.860. The Morgan fingerprint density at radius 3 is 2.68 bits per heavy atom. The average Bonchev–Trinajstić information content (AvgIpc) is 2.87. The zero-order chi connectivity index (χ0) is 15.5. The molecule has 2 aromatic heterocycles. The van der Waals surface area contributed by atoms with E-state index >= 15 is 0 Å². The van der Waals surface area contributed by atoms with Crippen LogP contribution in [0, 0.1) is 13.8 Å². The molecular formula is C17H19N3OS. The topological polar surface area (TPSA) is 39.4 Å². The molecule has 0 radical (unpaired) electrons. The van der Waals surface area contributed by atoms with Gasteiger partial charge in [0.15, 0.2) is 5.16 Å². The number of rotatable bonds is 5. The first-order valence-electron chi connectivity index (χ1n) is 7.25. The first-order valence-corrected chi connectivity index (χ1v) is 8.23. The zero-order valence-corrected chi connectivity index (χ0v) is 13.9. The lowest BCUT2D eigenvalue weighted by Crippen LogP contribution is -1.99. The third-order valence-electron chi connectivity index (χ3n) is 3.45. The minimum absolute atomic E-state index is 0.699. The number of aromatic nitrogens is 3. The Morgan fingerprint density at radius 1 is 1.18 bits per heavy atom. The van der Waals surface area contributed by atoms with Crippen LogP contribution in [-0.2, 0) is 4.74 Å². The Labute approximate surface area is 134 Å². The lowest BCUT2D eigenvalue weighted by Gasteiger charge is -2.04. The molecule has 3 aromatic rings. The molecule has 0 N–H and O–H groups in total. The van der Waals surface area contributed by atoms with Crippen LogP contribution in [0.1, 0.15) is 11.3 Å². The van der Waals surface area contributed by atoms with Crippen LogP contribution in [-0.4, -0.2) is 34.1 Å². The molecule has 0 aliphatic carbocycles. The van der Waals surface area contributed by atoms with Crippen LogP contribution in [0.15, 0.2) is 41.6 Å². The summed E-state index contributed by atoms with van der Waals surface area (Å²) in [5.41, 5.74) is 5.38. The van der Waals surface area contributed by atoms with Gasteiger partial charge in [-0.05, 0) is 25.5 Å². The normalized spacial score (nSPS) is 11.2. The monoisotopic (exact) mass is 313 g/mol. The van der Waals surface area contributed by atoms with Crippen molar-refractivity contribution in [2.75, 3.05) is 19.5 Å². The fraction of sp³-hybridized carbons (Fsp3) is 0.294. The number of ether oxygens (including phenoxy) is 1. The molecule has 3 rings (SSSR count). The number of benzene rings is 1. The first-order chi connectivity index (χ1) is 10.7. The molecule has 4 nitrogen and oxygen atoms in total. The highest BCUT2D eigenvalue weighted by Crippen LogP contribution is 2.30. The molecule has 5 heteroatoms. The van der Waals surface area contributed by atoms with Crippen molar-refractivity contribution in [3.63, 3.8) is 0 Å². The summed E-state index contributed by atoms with van der Waals surface area (Å²) in [6, 6.07) is 12.4. The van der Waals surface area contributed by atoms with Crippen molar-refractivity contribution in [3.8, 4) is 11.3 Å². The standard InChI is InChI=1S/C17H19N3OS/c1-12-11-13(2)19-20-16(12)15(14-7-5-4-6-8-14)18-17(20)22-10-9-21-3/h4-8,11H,9-10H2,1-3H3.